The molecule has 2 rings (SSSR count). The van der Waals surface area contributed by atoms with Crippen LogP contribution in [0.4, 0.5) is 5.69 Å². The normalized spacial score (nSPS) is 11.4. The molecule has 0 aliphatic rings. The summed E-state index contributed by atoms with van der Waals surface area (Å²) < 4.78 is 27.7. The third-order valence-corrected chi connectivity index (χ3v) is 4.87. The standard InChI is InChI=1S/C17H19ClN2O3S/c1-11(2)19-17(21)13-5-4-6-15(9-13)24(22,23)20-16-10-14(18)8-7-12(16)3/h4-11,20H,1-3H3,(H,19,21). The molecule has 0 atom stereocenters. The van der Waals surface area contributed by atoms with Crippen LogP contribution in [-0.4, -0.2) is 20.4 Å². The number of rotatable bonds is 5. The van der Waals surface area contributed by atoms with Crippen LogP contribution in [-0.2, 0) is 10.0 Å². The van der Waals surface area contributed by atoms with E-state index in [4.69, 9.17) is 11.6 Å². The number of hydrogen-bond acceptors (Lipinski definition) is 3. The maximum atomic E-state index is 12.6. The van der Waals surface area contributed by atoms with Crippen molar-refractivity contribution in [3.63, 3.8) is 0 Å². The average Bonchev–Trinajstić information content (AvgIpc) is 2.50. The Bertz CT molecular complexity index is 864. The van der Waals surface area contributed by atoms with Crippen LogP contribution < -0.4 is 10.0 Å². The number of carbonyl (C=O) groups excluding carboxylic acids is 1. The van der Waals surface area contributed by atoms with E-state index in [1.54, 1.807) is 31.2 Å². The zero-order valence-electron chi connectivity index (χ0n) is 13.6. The van der Waals surface area contributed by atoms with Crippen LogP contribution in [0.1, 0.15) is 29.8 Å². The van der Waals surface area contributed by atoms with Gasteiger partial charge in [-0.2, -0.15) is 0 Å². The fraction of sp³-hybridized carbons (Fsp3) is 0.235. The fourth-order valence-electron chi connectivity index (χ4n) is 2.06. The molecule has 0 bridgehead atoms. The Morgan fingerprint density at radius 1 is 1.12 bits per heavy atom. The highest BCUT2D eigenvalue weighted by Crippen LogP contribution is 2.23. The number of hydrogen-bond donors (Lipinski definition) is 2. The molecule has 2 aromatic rings. The lowest BCUT2D eigenvalue weighted by molar-refractivity contribution is 0.0943. The van der Waals surface area contributed by atoms with Gasteiger partial charge >= 0.3 is 0 Å². The summed E-state index contributed by atoms with van der Waals surface area (Å²) in [4.78, 5) is 12.1. The van der Waals surface area contributed by atoms with Crippen molar-refractivity contribution in [3.8, 4) is 0 Å². The lowest BCUT2D eigenvalue weighted by Gasteiger charge is -2.12. The van der Waals surface area contributed by atoms with Crippen molar-refractivity contribution < 1.29 is 13.2 Å². The molecule has 0 fully saturated rings. The van der Waals surface area contributed by atoms with Crippen molar-refractivity contribution in [3.05, 3.63) is 58.6 Å². The van der Waals surface area contributed by atoms with E-state index in [-0.39, 0.29) is 22.4 Å². The largest absolute Gasteiger partial charge is 0.350 e. The monoisotopic (exact) mass is 366 g/mol. The van der Waals surface area contributed by atoms with Crippen molar-refractivity contribution in [1.82, 2.24) is 5.32 Å². The molecule has 2 aromatic carbocycles. The fourth-order valence-corrected chi connectivity index (χ4v) is 3.40. The van der Waals surface area contributed by atoms with Crippen LogP contribution in [0.5, 0.6) is 0 Å². The summed E-state index contributed by atoms with van der Waals surface area (Å²) in [5, 5.41) is 3.17. The maximum absolute atomic E-state index is 12.6. The molecule has 0 heterocycles. The first-order valence-corrected chi connectivity index (χ1v) is 9.25. The second-order valence-electron chi connectivity index (χ2n) is 5.72. The zero-order valence-corrected chi connectivity index (χ0v) is 15.2. The SMILES string of the molecule is Cc1ccc(Cl)cc1NS(=O)(=O)c1cccc(C(=O)NC(C)C)c1. The van der Waals surface area contributed by atoms with Crippen molar-refractivity contribution in [1.29, 1.82) is 0 Å². The second kappa shape index (κ2) is 7.23. The van der Waals surface area contributed by atoms with Gasteiger partial charge in [-0.15, -0.1) is 0 Å². The summed E-state index contributed by atoms with van der Waals surface area (Å²) in [7, 11) is -3.83. The van der Waals surface area contributed by atoms with E-state index in [0.717, 1.165) is 5.56 Å². The molecule has 0 radical (unpaired) electrons. The Morgan fingerprint density at radius 3 is 2.50 bits per heavy atom. The third kappa shape index (κ3) is 4.49. The van der Waals surface area contributed by atoms with Crippen molar-refractivity contribution in [2.24, 2.45) is 0 Å². The van der Waals surface area contributed by atoms with Crippen LogP contribution in [0.3, 0.4) is 0 Å². The Balaban J connectivity index is 2.33. The van der Waals surface area contributed by atoms with Gasteiger partial charge < -0.3 is 5.32 Å². The number of halogens is 1. The Morgan fingerprint density at radius 2 is 1.83 bits per heavy atom. The highest BCUT2D eigenvalue weighted by molar-refractivity contribution is 7.92. The molecule has 0 saturated carbocycles. The predicted octanol–water partition coefficient (Wildman–Crippen LogP) is 3.59. The third-order valence-electron chi connectivity index (χ3n) is 3.27. The quantitative estimate of drug-likeness (QED) is 0.849. The first kappa shape index (κ1) is 18.3. The van der Waals surface area contributed by atoms with E-state index < -0.39 is 10.0 Å². The molecule has 2 N–H and O–H groups in total. The number of amides is 1. The van der Waals surface area contributed by atoms with Gasteiger partial charge in [-0.25, -0.2) is 8.42 Å². The smallest absolute Gasteiger partial charge is 0.261 e. The highest BCUT2D eigenvalue weighted by Gasteiger charge is 2.18. The topological polar surface area (TPSA) is 75.3 Å². The Hall–Kier alpha value is -2.05. The number of nitrogens with one attached hydrogen (secondary N) is 2. The lowest BCUT2D eigenvalue weighted by Crippen LogP contribution is -2.30. The molecule has 5 nitrogen and oxygen atoms in total. The van der Waals surface area contributed by atoms with Gasteiger partial charge in [-0.3, -0.25) is 9.52 Å². The van der Waals surface area contributed by atoms with Crippen molar-refractivity contribution in [2.45, 2.75) is 31.7 Å². The van der Waals surface area contributed by atoms with E-state index in [9.17, 15) is 13.2 Å². The maximum Gasteiger partial charge on any atom is 0.261 e. The summed E-state index contributed by atoms with van der Waals surface area (Å²) in [6, 6.07) is 10.8. The second-order valence-corrected chi connectivity index (χ2v) is 7.84. The van der Waals surface area contributed by atoms with Gasteiger partial charge in [-0.05, 0) is 56.7 Å². The molecule has 0 aliphatic carbocycles. The van der Waals surface area contributed by atoms with Crippen LogP contribution in [0.15, 0.2) is 47.4 Å². The molecule has 0 aliphatic heterocycles. The molecular formula is C17H19ClN2O3S. The summed E-state index contributed by atoms with van der Waals surface area (Å²) >= 11 is 5.92. The Kier molecular flexibility index (Phi) is 5.51. The summed E-state index contributed by atoms with van der Waals surface area (Å²) in [6.45, 7) is 5.45. The van der Waals surface area contributed by atoms with Crippen molar-refractivity contribution >= 4 is 33.2 Å². The Labute approximate surface area is 147 Å². The van der Waals surface area contributed by atoms with Crippen LogP contribution in [0.2, 0.25) is 5.02 Å². The molecule has 0 aromatic heterocycles. The van der Waals surface area contributed by atoms with E-state index in [0.29, 0.717) is 10.7 Å². The van der Waals surface area contributed by atoms with E-state index >= 15 is 0 Å². The van der Waals surface area contributed by atoms with E-state index in [2.05, 4.69) is 10.0 Å². The van der Waals surface area contributed by atoms with E-state index in [1.807, 2.05) is 13.8 Å². The van der Waals surface area contributed by atoms with Gasteiger partial charge in [0.05, 0.1) is 10.6 Å². The molecule has 0 spiro atoms. The number of anilines is 1. The van der Waals surface area contributed by atoms with Gasteiger partial charge in [0, 0.05) is 16.6 Å². The minimum atomic E-state index is -3.83. The summed E-state index contributed by atoms with van der Waals surface area (Å²) in [6.07, 6.45) is 0. The van der Waals surface area contributed by atoms with Crippen LogP contribution >= 0.6 is 11.6 Å². The molecule has 7 heteroatoms. The number of benzene rings is 2. The molecule has 1 amide bonds. The molecule has 0 unspecified atom stereocenters. The number of carbonyl (C=O) groups is 1. The van der Waals surface area contributed by atoms with Crippen LogP contribution in [0.25, 0.3) is 0 Å². The minimum Gasteiger partial charge on any atom is -0.350 e. The molecule has 24 heavy (non-hydrogen) atoms. The highest BCUT2D eigenvalue weighted by atomic mass is 35.5. The molecular weight excluding hydrogens is 348 g/mol. The minimum absolute atomic E-state index is 0.0123. The number of aryl methyl sites for hydroxylation is 1. The first-order valence-electron chi connectivity index (χ1n) is 7.39. The van der Waals surface area contributed by atoms with Gasteiger partial charge in [0.25, 0.3) is 15.9 Å². The predicted molar refractivity (Wildman–Crippen MR) is 96.0 cm³/mol. The van der Waals surface area contributed by atoms with Gasteiger partial charge in [0.15, 0.2) is 0 Å². The molecule has 128 valence electrons. The molecule has 0 saturated heterocycles. The van der Waals surface area contributed by atoms with Gasteiger partial charge in [0.1, 0.15) is 0 Å². The van der Waals surface area contributed by atoms with Crippen molar-refractivity contribution in [2.75, 3.05) is 4.72 Å². The van der Waals surface area contributed by atoms with Crippen LogP contribution in [0, 0.1) is 6.92 Å². The summed E-state index contributed by atoms with van der Waals surface area (Å²) in [5.41, 5.74) is 1.44. The zero-order chi connectivity index (χ0) is 17.9. The van der Waals surface area contributed by atoms with Gasteiger partial charge in [-0.1, -0.05) is 23.7 Å². The number of sulfonamides is 1. The van der Waals surface area contributed by atoms with E-state index in [1.165, 1.54) is 18.2 Å². The first-order chi connectivity index (χ1) is 11.2. The van der Waals surface area contributed by atoms with Gasteiger partial charge in [0.2, 0.25) is 0 Å². The summed E-state index contributed by atoms with van der Waals surface area (Å²) in [5.74, 6) is -0.319. The average molecular weight is 367 g/mol. The lowest BCUT2D eigenvalue weighted by atomic mass is 10.2.